The Morgan fingerprint density at radius 1 is 1.32 bits per heavy atom. The summed E-state index contributed by atoms with van der Waals surface area (Å²) in [5.74, 6) is -0.193. The number of nitrogens with zero attached hydrogens (tertiary/aromatic N) is 3. The molecule has 3 rings (SSSR count). The minimum atomic E-state index is -3.03. The highest BCUT2D eigenvalue weighted by Crippen LogP contribution is 2.32. The van der Waals surface area contributed by atoms with Gasteiger partial charge in [-0.25, -0.2) is 8.42 Å². The molecule has 2 heterocycles. The lowest BCUT2D eigenvalue weighted by atomic mass is 10.1. The quantitative estimate of drug-likeness (QED) is 0.827. The van der Waals surface area contributed by atoms with Gasteiger partial charge in [-0.1, -0.05) is 0 Å². The number of carbonyl (C=O) groups excluding carboxylic acids is 1. The second kappa shape index (κ2) is 5.37. The van der Waals surface area contributed by atoms with E-state index < -0.39 is 9.84 Å². The highest BCUT2D eigenvalue weighted by molar-refractivity contribution is 7.91. The molecule has 0 bridgehead atoms. The van der Waals surface area contributed by atoms with E-state index in [2.05, 4.69) is 5.10 Å². The zero-order chi connectivity index (χ0) is 16.1. The summed E-state index contributed by atoms with van der Waals surface area (Å²) in [5.41, 5.74) is 3.09. The number of rotatable bonds is 4. The van der Waals surface area contributed by atoms with Gasteiger partial charge in [0.15, 0.2) is 9.84 Å². The minimum Gasteiger partial charge on any atom is -0.335 e. The third kappa shape index (κ3) is 2.91. The Balaban J connectivity index is 1.80. The monoisotopic (exact) mass is 325 g/mol. The average Bonchev–Trinajstić information content (AvgIpc) is 3.16. The molecule has 1 atom stereocenters. The normalized spacial score (nSPS) is 23.7. The lowest BCUT2D eigenvalue weighted by molar-refractivity contribution is -0.136. The van der Waals surface area contributed by atoms with Crippen molar-refractivity contribution in [1.82, 2.24) is 14.7 Å². The lowest BCUT2D eigenvalue weighted by Crippen LogP contribution is -2.38. The SMILES string of the molecule is Cc1nn(C)c(C)c1CN(C(=O)[C@H]1CCS(=O)(=O)C1)C1CC1. The smallest absolute Gasteiger partial charge is 0.227 e. The van der Waals surface area contributed by atoms with E-state index in [1.807, 2.05) is 30.5 Å². The standard InChI is InChI=1S/C15H23N3O3S/c1-10-14(11(2)17(3)16-10)8-18(13-4-5-13)15(19)12-6-7-22(20,21)9-12/h12-13H,4-9H2,1-3H3/t12-/m0/s1. The fraction of sp³-hybridized carbons (Fsp3) is 0.733. The first-order valence-electron chi connectivity index (χ1n) is 7.78. The first-order chi connectivity index (χ1) is 10.3. The molecule has 0 N–H and O–H groups in total. The number of aromatic nitrogens is 2. The van der Waals surface area contributed by atoms with Gasteiger partial charge in [0.1, 0.15) is 0 Å². The number of aryl methyl sites for hydroxylation is 2. The first kappa shape index (κ1) is 15.5. The maximum absolute atomic E-state index is 12.8. The maximum atomic E-state index is 12.8. The molecule has 1 aliphatic heterocycles. The van der Waals surface area contributed by atoms with Gasteiger partial charge in [0, 0.05) is 30.9 Å². The zero-order valence-electron chi connectivity index (χ0n) is 13.4. The molecule has 0 aromatic carbocycles. The van der Waals surface area contributed by atoms with E-state index in [9.17, 15) is 13.2 Å². The summed E-state index contributed by atoms with van der Waals surface area (Å²) in [4.78, 5) is 14.7. The van der Waals surface area contributed by atoms with E-state index in [0.29, 0.717) is 13.0 Å². The maximum Gasteiger partial charge on any atom is 0.227 e. The van der Waals surface area contributed by atoms with E-state index >= 15 is 0 Å². The highest BCUT2D eigenvalue weighted by atomic mass is 32.2. The fourth-order valence-corrected chi connectivity index (χ4v) is 4.95. The molecule has 1 aromatic rings. The Labute approximate surface area is 131 Å². The van der Waals surface area contributed by atoms with Crippen molar-refractivity contribution >= 4 is 15.7 Å². The predicted molar refractivity (Wildman–Crippen MR) is 83.0 cm³/mol. The molecular weight excluding hydrogens is 302 g/mol. The zero-order valence-corrected chi connectivity index (χ0v) is 14.2. The van der Waals surface area contributed by atoms with Crippen LogP contribution in [0.4, 0.5) is 0 Å². The lowest BCUT2D eigenvalue weighted by Gasteiger charge is -2.25. The van der Waals surface area contributed by atoms with Crippen molar-refractivity contribution in [1.29, 1.82) is 0 Å². The molecule has 1 aliphatic carbocycles. The van der Waals surface area contributed by atoms with Crippen molar-refractivity contribution < 1.29 is 13.2 Å². The van der Waals surface area contributed by atoms with Crippen LogP contribution in [-0.2, 0) is 28.2 Å². The molecule has 1 saturated carbocycles. The molecule has 22 heavy (non-hydrogen) atoms. The molecule has 1 saturated heterocycles. The van der Waals surface area contributed by atoms with Crippen molar-refractivity contribution in [2.45, 2.75) is 45.7 Å². The van der Waals surface area contributed by atoms with E-state index in [4.69, 9.17) is 0 Å². The molecule has 1 aromatic heterocycles. The van der Waals surface area contributed by atoms with Crippen LogP contribution >= 0.6 is 0 Å². The van der Waals surface area contributed by atoms with Crippen LogP contribution in [-0.4, -0.2) is 46.6 Å². The molecule has 6 nitrogen and oxygen atoms in total. The van der Waals surface area contributed by atoms with E-state index in [1.165, 1.54) is 0 Å². The number of carbonyl (C=O) groups is 1. The van der Waals surface area contributed by atoms with Crippen molar-refractivity contribution in [3.8, 4) is 0 Å². The molecule has 0 spiro atoms. The average molecular weight is 325 g/mol. The molecule has 1 amide bonds. The molecule has 0 radical (unpaired) electrons. The van der Waals surface area contributed by atoms with Crippen molar-refractivity contribution in [2.24, 2.45) is 13.0 Å². The number of sulfone groups is 1. The van der Waals surface area contributed by atoms with Crippen molar-refractivity contribution in [2.75, 3.05) is 11.5 Å². The van der Waals surface area contributed by atoms with Crippen LogP contribution in [0.5, 0.6) is 0 Å². The summed E-state index contributed by atoms with van der Waals surface area (Å²) in [6.07, 6.45) is 2.50. The summed E-state index contributed by atoms with van der Waals surface area (Å²) in [5, 5.41) is 4.41. The van der Waals surface area contributed by atoms with Crippen LogP contribution in [0.15, 0.2) is 0 Å². The Hall–Kier alpha value is -1.37. The number of hydrogen-bond acceptors (Lipinski definition) is 4. The summed E-state index contributed by atoms with van der Waals surface area (Å²) in [6.45, 7) is 4.51. The summed E-state index contributed by atoms with van der Waals surface area (Å²) < 4.78 is 25.1. The fourth-order valence-electron chi connectivity index (χ4n) is 3.21. The van der Waals surface area contributed by atoms with Gasteiger partial charge in [0.2, 0.25) is 5.91 Å². The highest BCUT2D eigenvalue weighted by Gasteiger charge is 2.40. The largest absolute Gasteiger partial charge is 0.335 e. The van der Waals surface area contributed by atoms with Gasteiger partial charge in [0.25, 0.3) is 0 Å². The van der Waals surface area contributed by atoms with Crippen molar-refractivity contribution in [3.63, 3.8) is 0 Å². The van der Waals surface area contributed by atoms with Crippen LogP contribution in [0.1, 0.15) is 36.2 Å². The second-order valence-corrected chi connectivity index (χ2v) is 8.80. The topological polar surface area (TPSA) is 72.3 Å². The molecule has 0 unspecified atom stereocenters. The summed E-state index contributed by atoms with van der Waals surface area (Å²) >= 11 is 0. The van der Waals surface area contributed by atoms with Gasteiger partial charge >= 0.3 is 0 Å². The Kier molecular flexibility index (Phi) is 3.79. The first-order valence-corrected chi connectivity index (χ1v) is 9.60. The van der Waals surface area contributed by atoms with E-state index in [0.717, 1.165) is 29.8 Å². The van der Waals surface area contributed by atoms with Crippen LogP contribution < -0.4 is 0 Å². The predicted octanol–water partition coefficient (Wildman–Crippen LogP) is 0.963. The minimum absolute atomic E-state index is 0.00577. The van der Waals surface area contributed by atoms with Crippen LogP contribution in [0.25, 0.3) is 0 Å². The van der Waals surface area contributed by atoms with Gasteiger partial charge < -0.3 is 4.90 Å². The van der Waals surface area contributed by atoms with Crippen molar-refractivity contribution in [3.05, 3.63) is 17.0 Å². The van der Waals surface area contributed by atoms with Gasteiger partial charge in [-0.05, 0) is 33.1 Å². The van der Waals surface area contributed by atoms with Crippen LogP contribution in [0.2, 0.25) is 0 Å². The molecule has 122 valence electrons. The third-order valence-corrected chi connectivity index (χ3v) is 6.61. The Morgan fingerprint density at radius 2 is 2.00 bits per heavy atom. The van der Waals surface area contributed by atoms with E-state index in [-0.39, 0.29) is 29.4 Å². The molecule has 7 heteroatoms. The Morgan fingerprint density at radius 3 is 2.45 bits per heavy atom. The summed E-state index contributed by atoms with van der Waals surface area (Å²) in [6, 6.07) is 0.273. The van der Waals surface area contributed by atoms with Crippen LogP contribution in [0, 0.1) is 19.8 Å². The number of amides is 1. The molecule has 2 aliphatic rings. The second-order valence-electron chi connectivity index (χ2n) is 6.57. The summed E-state index contributed by atoms with van der Waals surface area (Å²) in [7, 11) is -1.13. The van der Waals surface area contributed by atoms with Gasteiger partial charge in [-0.2, -0.15) is 5.10 Å². The van der Waals surface area contributed by atoms with Gasteiger partial charge in [-0.15, -0.1) is 0 Å². The molecule has 2 fully saturated rings. The van der Waals surface area contributed by atoms with Crippen LogP contribution in [0.3, 0.4) is 0 Å². The van der Waals surface area contributed by atoms with Gasteiger partial charge in [0.05, 0.1) is 23.1 Å². The number of hydrogen-bond donors (Lipinski definition) is 0. The third-order valence-electron chi connectivity index (χ3n) is 4.84. The molecular formula is C15H23N3O3S. The Bertz CT molecular complexity index is 704. The van der Waals surface area contributed by atoms with Gasteiger partial charge in [-0.3, -0.25) is 9.48 Å². The van der Waals surface area contributed by atoms with E-state index in [1.54, 1.807) is 0 Å².